The predicted molar refractivity (Wildman–Crippen MR) is 80.2 cm³/mol. The number of halogens is 2. The second-order valence-corrected chi connectivity index (χ2v) is 7.06. The molecule has 1 fully saturated rings. The van der Waals surface area contributed by atoms with Crippen molar-refractivity contribution in [3.8, 4) is 0 Å². The number of nitrogens with zero attached hydrogens (tertiary/aromatic N) is 2. The van der Waals surface area contributed by atoms with Crippen LogP contribution in [0.2, 0.25) is 0 Å². The van der Waals surface area contributed by atoms with Crippen molar-refractivity contribution in [2.24, 2.45) is 0 Å². The SMILES string of the molecule is CCNC(=O)CN1CCN(S(=O)(=O)c2c(F)cccc2F)CC1. The Morgan fingerprint density at radius 3 is 2.26 bits per heavy atom. The number of benzene rings is 1. The highest BCUT2D eigenvalue weighted by atomic mass is 32.2. The van der Waals surface area contributed by atoms with E-state index in [0.29, 0.717) is 19.6 Å². The quantitative estimate of drug-likeness (QED) is 0.838. The summed E-state index contributed by atoms with van der Waals surface area (Å²) in [5, 5.41) is 2.66. The maximum Gasteiger partial charge on any atom is 0.249 e. The minimum atomic E-state index is -4.23. The first-order chi connectivity index (χ1) is 10.9. The van der Waals surface area contributed by atoms with Crippen molar-refractivity contribution in [3.05, 3.63) is 29.8 Å². The van der Waals surface area contributed by atoms with Crippen LogP contribution in [0.15, 0.2) is 23.1 Å². The van der Waals surface area contributed by atoms with Crippen molar-refractivity contribution in [3.63, 3.8) is 0 Å². The second-order valence-electron chi connectivity index (χ2n) is 5.18. The maximum absolute atomic E-state index is 13.7. The molecule has 2 rings (SSSR count). The van der Waals surface area contributed by atoms with Crippen molar-refractivity contribution in [1.29, 1.82) is 0 Å². The summed E-state index contributed by atoms with van der Waals surface area (Å²) < 4.78 is 53.3. The number of nitrogens with one attached hydrogen (secondary N) is 1. The van der Waals surface area contributed by atoms with Crippen molar-refractivity contribution >= 4 is 15.9 Å². The Labute approximate surface area is 134 Å². The Morgan fingerprint density at radius 2 is 1.74 bits per heavy atom. The van der Waals surface area contributed by atoms with Gasteiger partial charge >= 0.3 is 0 Å². The van der Waals surface area contributed by atoms with Gasteiger partial charge in [0.25, 0.3) is 0 Å². The van der Waals surface area contributed by atoms with Crippen LogP contribution in [0.3, 0.4) is 0 Å². The molecule has 1 aliphatic rings. The molecule has 9 heteroatoms. The molecule has 0 bridgehead atoms. The Balaban J connectivity index is 2.06. The maximum atomic E-state index is 13.7. The number of rotatable bonds is 5. The van der Waals surface area contributed by atoms with Crippen LogP contribution in [0, 0.1) is 11.6 Å². The fourth-order valence-electron chi connectivity index (χ4n) is 2.44. The van der Waals surface area contributed by atoms with Gasteiger partial charge in [-0.1, -0.05) is 6.07 Å². The molecule has 0 spiro atoms. The van der Waals surface area contributed by atoms with Gasteiger partial charge in [-0.15, -0.1) is 0 Å². The lowest BCUT2D eigenvalue weighted by Gasteiger charge is -2.33. The molecular formula is C14H19F2N3O3S. The van der Waals surface area contributed by atoms with E-state index < -0.39 is 26.6 Å². The average Bonchev–Trinajstić information content (AvgIpc) is 2.47. The Hall–Kier alpha value is -1.58. The third-order valence-corrected chi connectivity index (χ3v) is 5.54. The summed E-state index contributed by atoms with van der Waals surface area (Å²) in [5.74, 6) is -2.34. The van der Waals surface area contributed by atoms with Gasteiger partial charge in [0.05, 0.1) is 6.54 Å². The minimum Gasteiger partial charge on any atom is -0.355 e. The van der Waals surface area contributed by atoms with Gasteiger partial charge in [-0.3, -0.25) is 9.69 Å². The molecule has 1 amide bonds. The number of hydrogen-bond donors (Lipinski definition) is 1. The molecule has 23 heavy (non-hydrogen) atoms. The van der Waals surface area contributed by atoms with Crippen LogP contribution >= 0.6 is 0 Å². The van der Waals surface area contributed by atoms with E-state index in [0.717, 1.165) is 22.5 Å². The highest BCUT2D eigenvalue weighted by molar-refractivity contribution is 7.89. The molecule has 6 nitrogen and oxygen atoms in total. The molecule has 1 N–H and O–H groups in total. The monoisotopic (exact) mass is 347 g/mol. The van der Waals surface area contributed by atoms with Crippen LogP contribution < -0.4 is 5.32 Å². The van der Waals surface area contributed by atoms with E-state index in [-0.39, 0.29) is 25.5 Å². The molecule has 1 saturated heterocycles. The summed E-state index contributed by atoms with van der Waals surface area (Å²) in [7, 11) is -4.23. The number of amides is 1. The molecule has 0 radical (unpaired) electrons. The van der Waals surface area contributed by atoms with E-state index in [9.17, 15) is 22.0 Å². The van der Waals surface area contributed by atoms with E-state index >= 15 is 0 Å². The lowest BCUT2D eigenvalue weighted by molar-refractivity contribution is -0.122. The number of carbonyl (C=O) groups is 1. The summed E-state index contributed by atoms with van der Waals surface area (Å²) in [6.07, 6.45) is 0. The van der Waals surface area contributed by atoms with E-state index in [1.165, 1.54) is 0 Å². The summed E-state index contributed by atoms with van der Waals surface area (Å²) in [6.45, 7) is 3.32. The molecule has 1 aliphatic heterocycles. The van der Waals surface area contributed by atoms with Gasteiger partial charge in [-0.2, -0.15) is 4.31 Å². The summed E-state index contributed by atoms with van der Waals surface area (Å²) in [6, 6.07) is 2.95. The van der Waals surface area contributed by atoms with Gasteiger partial charge in [0.15, 0.2) is 4.90 Å². The number of hydrogen-bond acceptors (Lipinski definition) is 4. The van der Waals surface area contributed by atoms with E-state index in [4.69, 9.17) is 0 Å². The number of piperazine rings is 1. The summed E-state index contributed by atoms with van der Waals surface area (Å²) >= 11 is 0. The van der Waals surface area contributed by atoms with Gasteiger partial charge in [0.1, 0.15) is 11.6 Å². The van der Waals surface area contributed by atoms with Gasteiger partial charge in [-0.05, 0) is 19.1 Å². The lowest BCUT2D eigenvalue weighted by atomic mass is 10.3. The predicted octanol–water partition coefficient (Wildman–Crippen LogP) is 0.407. The first kappa shape index (κ1) is 17.8. The van der Waals surface area contributed by atoms with Crippen LogP contribution in [0.4, 0.5) is 8.78 Å². The van der Waals surface area contributed by atoms with Crippen LogP contribution in [0.25, 0.3) is 0 Å². The van der Waals surface area contributed by atoms with Crippen LogP contribution in [0.1, 0.15) is 6.92 Å². The Morgan fingerprint density at radius 1 is 1.17 bits per heavy atom. The molecule has 0 aliphatic carbocycles. The first-order valence-electron chi connectivity index (χ1n) is 7.29. The molecule has 1 heterocycles. The van der Waals surface area contributed by atoms with Crippen molar-refractivity contribution in [2.75, 3.05) is 39.3 Å². The zero-order chi connectivity index (χ0) is 17.0. The first-order valence-corrected chi connectivity index (χ1v) is 8.73. The summed E-state index contributed by atoms with van der Waals surface area (Å²) in [5.41, 5.74) is 0. The van der Waals surface area contributed by atoms with Crippen LogP contribution in [-0.4, -0.2) is 62.8 Å². The summed E-state index contributed by atoms with van der Waals surface area (Å²) in [4.78, 5) is 12.4. The molecule has 128 valence electrons. The molecule has 0 atom stereocenters. The van der Waals surface area contributed by atoms with Crippen LogP contribution in [0.5, 0.6) is 0 Å². The zero-order valence-electron chi connectivity index (χ0n) is 12.8. The van der Waals surface area contributed by atoms with Crippen LogP contribution in [-0.2, 0) is 14.8 Å². The molecule has 0 unspecified atom stereocenters. The second kappa shape index (κ2) is 7.33. The molecule has 1 aromatic carbocycles. The number of sulfonamides is 1. The molecule has 0 aromatic heterocycles. The molecule has 0 saturated carbocycles. The Kier molecular flexibility index (Phi) is 5.66. The third kappa shape index (κ3) is 4.04. The van der Waals surface area contributed by atoms with Crippen molar-refractivity contribution in [1.82, 2.24) is 14.5 Å². The number of carbonyl (C=O) groups excluding carboxylic acids is 1. The smallest absolute Gasteiger partial charge is 0.249 e. The van der Waals surface area contributed by atoms with Gasteiger partial charge in [0.2, 0.25) is 15.9 Å². The highest BCUT2D eigenvalue weighted by Crippen LogP contribution is 2.23. The lowest BCUT2D eigenvalue weighted by Crippen LogP contribution is -2.51. The fourth-order valence-corrected chi connectivity index (χ4v) is 3.97. The zero-order valence-corrected chi connectivity index (χ0v) is 13.6. The van der Waals surface area contributed by atoms with Crippen molar-refractivity contribution < 1.29 is 22.0 Å². The molecule has 1 aromatic rings. The van der Waals surface area contributed by atoms with Gasteiger partial charge in [0, 0.05) is 32.7 Å². The van der Waals surface area contributed by atoms with E-state index in [1.54, 1.807) is 4.90 Å². The Bertz CT molecular complexity index is 654. The third-order valence-electron chi connectivity index (χ3n) is 3.59. The highest BCUT2D eigenvalue weighted by Gasteiger charge is 2.33. The number of likely N-dealkylation sites (N-methyl/N-ethyl adjacent to an activating group) is 1. The average molecular weight is 347 g/mol. The largest absolute Gasteiger partial charge is 0.355 e. The van der Waals surface area contributed by atoms with Gasteiger partial charge < -0.3 is 5.32 Å². The fraction of sp³-hybridized carbons (Fsp3) is 0.500. The van der Waals surface area contributed by atoms with E-state index in [2.05, 4.69) is 5.32 Å². The van der Waals surface area contributed by atoms with Gasteiger partial charge in [-0.25, -0.2) is 17.2 Å². The minimum absolute atomic E-state index is 0.0789. The topological polar surface area (TPSA) is 69.7 Å². The van der Waals surface area contributed by atoms with E-state index in [1.807, 2.05) is 6.92 Å². The molecular weight excluding hydrogens is 328 g/mol. The van der Waals surface area contributed by atoms with Crippen molar-refractivity contribution in [2.45, 2.75) is 11.8 Å². The normalized spacial score (nSPS) is 17.2. The standard InChI is InChI=1S/C14H19F2N3O3S/c1-2-17-13(20)10-18-6-8-19(9-7-18)23(21,22)14-11(15)4-3-5-12(14)16/h3-5H,2,6-10H2,1H3,(H,17,20).